The van der Waals surface area contributed by atoms with Gasteiger partial charge in [-0.3, -0.25) is 0 Å². The van der Waals surface area contributed by atoms with Crippen molar-refractivity contribution < 1.29 is 0 Å². The fraction of sp³-hybridized carbons (Fsp3) is 0.619. The minimum atomic E-state index is 0.606. The van der Waals surface area contributed by atoms with Gasteiger partial charge in [0.25, 0.3) is 0 Å². The van der Waals surface area contributed by atoms with Gasteiger partial charge in [0.05, 0.1) is 0 Å². The van der Waals surface area contributed by atoms with Crippen LogP contribution in [0.2, 0.25) is 0 Å². The molecule has 2 rings (SSSR count). The van der Waals surface area contributed by atoms with Gasteiger partial charge in [0, 0.05) is 0 Å². The molecule has 0 radical (unpaired) electrons. The van der Waals surface area contributed by atoms with E-state index in [9.17, 15) is 0 Å². The van der Waals surface area contributed by atoms with E-state index in [-0.39, 0.29) is 0 Å². The first-order valence-electron chi connectivity index (χ1n) is 8.87. The van der Waals surface area contributed by atoms with E-state index in [1.807, 2.05) is 0 Å². The Bertz CT molecular complexity index is 436. The zero-order valence-corrected chi connectivity index (χ0v) is 14.2. The Morgan fingerprint density at radius 2 is 1.81 bits per heavy atom. The smallest absolute Gasteiger partial charge is 0.0190 e. The van der Waals surface area contributed by atoms with Crippen LogP contribution in [0.4, 0.5) is 0 Å². The first-order valence-corrected chi connectivity index (χ1v) is 8.87. The molecule has 0 aromatic heterocycles. The standard InChI is InChI=1S/C21H32/c1-5-7-20(21-14-15-21)9-6-8-17(3)18(4)19-12-10-16(2)11-13-19/h10-13,17,20-21H,4-9,14-15H2,1-3H3. The Hall–Kier alpha value is -1.04. The van der Waals surface area contributed by atoms with Crippen molar-refractivity contribution in [2.45, 2.75) is 65.7 Å². The van der Waals surface area contributed by atoms with Crippen molar-refractivity contribution in [2.24, 2.45) is 17.8 Å². The highest BCUT2D eigenvalue weighted by Crippen LogP contribution is 2.42. The van der Waals surface area contributed by atoms with Crippen molar-refractivity contribution >= 4 is 5.57 Å². The topological polar surface area (TPSA) is 0 Å². The van der Waals surface area contributed by atoms with Crippen LogP contribution in [-0.4, -0.2) is 0 Å². The predicted octanol–water partition coefficient (Wildman–Crippen LogP) is 6.64. The van der Waals surface area contributed by atoms with Gasteiger partial charge in [0.15, 0.2) is 0 Å². The van der Waals surface area contributed by atoms with Crippen LogP contribution in [0.15, 0.2) is 30.8 Å². The molecule has 2 atom stereocenters. The van der Waals surface area contributed by atoms with Crippen molar-refractivity contribution in [3.8, 4) is 0 Å². The average Bonchev–Trinajstić information content (AvgIpc) is 3.31. The molecule has 0 N–H and O–H groups in total. The largest absolute Gasteiger partial charge is 0.0950 e. The first kappa shape index (κ1) is 16.3. The lowest BCUT2D eigenvalue weighted by atomic mass is 9.87. The maximum absolute atomic E-state index is 4.34. The van der Waals surface area contributed by atoms with Gasteiger partial charge in [0.1, 0.15) is 0 Å². The SMILES string of the molecule is C=C(c1ccc(C)cc1)C(C)CCCC(CCC)C1CC1. The molecule has 21 heavy (non-hydrogen) atoms. The lowest BCUT2D eigenvalue weighted by Crippen LogP contribution is -2.05. The summed E-state index contributed by atoms with van der Waals surface area (Å²) in [5.74, 6) is 2.68. The minimum Gasteiger partial charge on any atom is -0.0950 e. The highest BCUT2D eigenvalue weighted by atomic mass is 14.3. The van der Waals surface area contributed by atoms with E-state index < -0.39 is 0 Å². The quantitative estimate of drug-likeness (QED) is 0.476. The summed E-state index contributed by atoms with van der Waals surface area (Å²) in [7, 11) is 0. The van der Waals surface area contributed by atoms with Crippen molar-refractivity contribution in [3.63, 3.8) is 0 Å². The van der Waals surface area contributed by atoms with Crippen LogP contribution < -0.4 is 0 Å². The lowest BCUT2D eigenvalue weighted by molar-refractivity contribution is 0.372. The van der Waals surface area contributed by atoms with Crippen LogP contribution in [0, 0.1) is 24.7 Å². The van der Waals surface area contributed by atoms with Gasteiger partial charge < -0.3 is 0 Å². The van der Waals surface area contributed by atoms with Gasteiger partial charge >= 0.3 is 0 Å². The predicted molar refractivity (Wildman–Crippen MR) is 94.4 cm³/mol. The summed E-state index contributed by atoms with van der Waals surface area (Å²) in [6.45, 7) is 11.1. The molecule has 0 bridgehead atoms. The summed E-state index contributed by atoms with van der Waals surface area (Å²) in [5, 5.41) is 0. The highest BCUT2D eigenvalue weighted by Gasteiger charge is 2.29. The maximum atomic E-state index is 4.34. The van der Waals surface area contributed by atoms with Crippen molar-refractivity contribution in [1.82, 2.24) is 0 Å². The number of rotatable bonds is 9. The van der Waals surface area contributed by atoms with Crippen LogP contribution >= 0.6 is 0 Å². The van der Waals surface area contributed by atoms with Crippen LogP contribution in [0.25, 0.3) is 5.57 Å². The third kappa shape index (κ3) is 5.02. The van der Waals surface area contributed by atoms with Gasteiger partial charge in [-0.2, -0.15) is 0 Å². The second-order valence-electron chi connectivity index (χ2n) is 7.11. The Morgan fingerprint density at radius 1 is 1.14 bits per heavy atom. The highest BCUT2D eigenvalue weighted by molar-refractivity contribution is 5.65. The van der Waals surface area contributed by atoms with E-state index >= 15 is 0 Å². The summed E-state index contributed by atoms with van der Waals surface area (Å²) in [5.41, 5.74) is 3.96. The second kappa shape index (κ2) is 7.82. The van der Waals surface area contributed by atoms with Crippen molar-refractivity contribution in [3.05, 3.63) is 42.0 Å². The van der Waals surface area contributed by atoms with E-state index in [0.29, 0.717) is 5.92 Å². The molecule has 0 amide bonds. The lowest BCUT2D eigenvalue weighted by Gasteiger charge is -2.18. The summed E-state index contributed by atoms with van der Waals surface area (Å²) >= 11 is 0. The molecule has 2 unspecified atom stereocenters. The van der Waals surface area contributed by atoms with Crippen molar-refractivity contribution in [1.29, 1.82) is 0 Å². The van der Waals surface area contributed by atoms with Crippen LogP contribution in [0.1, 0.15) is 69.9 Å². The number of hydrogen-bond acceptors (Lipinski definition) is 0. The molecule has 0 heteroatoms. The number of hydrogen-bond donors (Lipinski definition) is 0. The summed E-state index contributed by atoms with van der Waals surface area (Å²) < 4.78 is 0. The van der Waals surface area contributed by atoms with Gasteiger partial charge in [0.2, 0.25) is 0 Å². The normalized spacial score (nSPS) is 17.5. The molecular weight excluding hydrogens is 252 g/mol. The molecule has 1 aliphatic carbocycles. The van der Waals surface area contributed by atoms with Crippen LogP contribution in [-0.2, 0) is 0 Å². The van der Waals surface area contributed by atoms with Gasteiger partial charge in [-0.1, -0.05) is 75.9 Å². The summed E-state index contributed by atoms with van der Waals surface area (Å²) in [4.78, 5) is 0. The maximum Gasteiger partial charge on any atom is -0.0190 e. The fourth-order valence-corrected chi connectivity index (χ4v) is 3.47. The zero-order chi connectivity index (χ0) is 15.2. The molecule has 0 heterocycles. The number of benzene rings is 1. The number of allylic oxidation sites excluding steroid dienone is 1. The van der Waals surface area contributed by atoms with Gasteiger partial charge in [-0.15, -0.1) is 0 Å². The molecule has 0 aliphatic heterocycles. The van der Waals surface area contributed by atoms with Crippen LogP contribution in [0.3, 0.4) is 0 Å². The third-order valence-electron chi connectivity index (χ3n) is 5.18. The monoisotopic (exact) mass is 284 g/mol. The molecule has 1 aromatic carbocycles. The molecule has 0 saturated heterocycles. The Kier molecular flexibility index (Phi) is 6.08. The Labute approximate surface area is 131 Å². The Balaban J connectivity index is 1.76. The van der Waals surface area contributed by atoms with Gasteiger partial charge in [-0.25, -0.2) is 0 Å². The minimum absolute atomic E-state index is 0.606. The second-order valence-corrected chi connectivity index (χ2v) is 7.11. The summed E-state index contributed by atoms with van der Waals surface area (Å²) in [6, 6.07) is 8.83. The van der Waals surface area contributed by atoms with Crippen molar-refractivity contribution in [2.75, 3.05) is 0 Å². The first-order chi connectivity index (χ1) is 10.1. The zero-order valence-electron chi connectivity index (χ0n) is 14.2. The molecule has 116 valence electrons. The average molecular weight is 284 g/mol. The Morgan fingerprint density at radius 3 is 2.38 bits per heavy atom. The van der Waals surface area contributed by atoms with Gasteiger partial charge in [-0.05, 0) is 55.1 Å². The third-order valence-corrected chi connectivity index (χ3v) is 5.18. The number of aryl methyl sites for hydroxylation is 1. The van der Waals surface area contributed by atoms with E-state index in [0.717, 1.165) is 11.8 Å². The molecule has 1 fully saturated rings. The van der Waals surface area contributed by atoms with Crippen LogP contribution in [0.5, 0.6) is 0 Å². The van der Waals surface area contributed by atoms with E-state index in [1.54, 1.807) is 0 Å². The van der Waals surface area contributed by atoms with E-state index in [2.05, 4.69) is 51.6 Å². The molecule has 0 nitrogen and oxygen atoms in total. The molecule has 1 saturated carbocycles. The fourth-order valence-electron chi connectivity index (χ4n) is 3.47. The molecule has 0 spiro atoms. The molecule has 1 aliphatic rings. The van der Waals surface area contributed by atoms with E-state index in [1.165, 1.54) is 61.6 Å². The molecular formula is C21H32. The van der Waals surface area contributed by atoms with E-state index in [4.69, 9.17) is 0 Å². The summed E-state index contributed by atoms with van der Waals surface area (Å²) in [6.07, 6.45) is 9.88. The molecule has 1 aromatic rings.